The van der Waals surface area contributed by atoms with Crippen LogP contribution in [0.25, 0.3) is 0 Å². The van der Waals surface area contributed by atoms with Crippen LogP contribution in [0.2, 0.25) is 0 Å². The van der Waals surface area contributed by atoms with E-state index in [1.54, 1.807) is 0 Å². The van der Waals surface area contributed by atoms with Gasteiger partial charge in [-0.3, -0.25) is 0 Å². The van der Waals surface area contributed by atoms with Gasteiger partial charge in [-0.2, -0.15) is 4.98 Å². The molecule has 0 unspecified atom stereocenters. The molecule has 0 aliphatic heterocycles. The molecule has 6 heteroatoms. The zero-order valence-electron chi connectivity index (χ0n) is 6.72. The molecule has 0 amide bonds. The summed E-state index contributed by atoms with van der Waals surface area (Å²) < 4.78 is 41.7. The number of alkyl halides is 2. The number of hydrogen-bond acceptors (Lipinski definition) is 3. The van der Waals surface area contributed by atoms with Gasteiger partial charge in [0.15, 0.2) is 11.6 Å². The standard InChI is InChI=1S/C7H7F3N2O/c1-13-4-2-3(6(9)10)5(8)7(11)12-4/h2,6H,1H3,(H2,11,12). The summed E-state index contributed by atoms with van der Waals surface area (Å²) in [5.41, 5.74) is 4.23. The summed E-state index contributed by atoms with van der Waals surface area (Å²) in [5.74, 6) is -1.92. The third kappa shape index (κ3) is 1.82. The lowest BCUT2D eigenvalue weighted by Gasteiger charge is -2.06. The molecule has 0 spiro atoms. The van der Waals surface area contributed by atoms with E-state index in [4.69, 9.17) is 5.73 Å². The van der Waals surface area contributed by atoms with Gasteiger partial charge in [-0.1, -0.05) is 0 Å². The predicted octanol–water partition coefficient (Wildman–Crippen LogP) is 1.75. The molecule has 1 rings (SSSR count). The third-order valence-corrected chi connectivity index (χ3v) is 1.43. The van der Waals surface area contributed by atoms with Crippen molar-refractivity contribution in [1.82, 2.24) is 4.98 Å². The highest BCUT2D eigenvalue weighted by molar-refractivity contribution is 5.39. The lowest BCUT2D eigenvalue weighted by molar-refractivity contribution is 0.145. The summed E-state index contributed by atoms with van der Waals surface area (Å²) in [6.07, 6.45) is -2.93. The molecule has 3 nitrogen and oxygen atoms in total. The molecule has 0 fully saturated rings. The highest BCUT2D eigenvalue weighted by Crippen LogP contribution is 2.27. The molecule has 1 aromatic rings. The minimum absolute atomic E-state index is 0.130. The summed E-state index contributed by atoms with van der Waals surface area (Å²) in [5, 5.41) is 0. The van der Waals surface area contributed by atoms with Gasteiger partial charge in [0.1, 0.15) is 0 Å². The number of nitrogens with two attached hydrogens (primary N) is 1. The van der Waals surface area contributed by atoms with Crippen LogP contribution in [0.1, 0.15) is 12.0 Å². The van der Waals surface area contributed by atoms with Crippen molar-refractivity contribution >= 4 is 5.82 Å². The van der Waals surface area contributed by atoms with Crippen LogP contribution in [-0.4, -0.2) is 12.1 Å². The SMILES string of the molecule is COc1cc(C(F)F)c(F)c(N)n1. The molecule has 1 aromatic heterocycles. The van der Waals surface area contributed by atoms with Crippen LogP contribution >= 0.6 is 0 Å². The Morgan fingerprint density at radius 1 is 1.54 bits per heavy atom. The second kappa shape index (κ2) is 3.51. The van der Waals surface area contributed by atoms with Crippen LogP contribution in [0.4, 0.5) is 19.0 Å². The predicted molar refractivity (Wildman–Crippen MR) is 40.1 cm³/mol. The van der Waals surface area contributed by atoms with Crippen molar-refractivity contribution in [2.45, 2.75) is 6.43 Å². The summed E-state index contributed by atoms with van der Waals surface area (Å²) in [4.78, 5) is 3.38. The fraction of sp³-hybridized carbons (Fsp3) is 0.286. The highest BCUT2D eigenvalue weighted by Gasteiger charge is 2.18. The summed E-state index contributed by atoms with van der Waals surface area (Å²) >= 11 is 0. The number of rotatable bonds is 2. The van der Waals surface area contributed by atoms with Gasteiger partial charge in [0, 0.05) is 6.07 Å². The Bertz CT molecular complexity index is 317. The minimum atomic E-state index is -2.93. The first-order chi connectivity index (χ1) is 6.06. The van der Waals surface area contributed by atoms with Crippen LogP contribution in [0.5, 0.6) is 5.88 Å². The fourth-order valence-electron chi connectivity index (χ4n) is 0.808. The second-order valence-electron chi connectivity index (χ2n) is 2.25. The topological polar surface area (TPSA) is 48.1 Å². The first-order valence-electron chi connectivity index (χ1n) is 3.34. The van der Waals surface area contributed by atoms with Crippen molar-refractivity contribution in [2.75, 3.05) is 12.8 Å². The molecular formula is C7H7F3N2O. The fourth-order valence-corrected chi connectivity index (χ4v) is 0.808. The molecule has 13 heavy (non-hydrogen) atoms. The number of anilines is 1. The lowest BCUT2D eigenvalue weighted by Crippen LogP contribution is -2.02. The molecule has 1 heterocycles. The number of pyridine rings is 1. The van der Waals surface area contributed by atoms with Crippen molar-refractivity contribution in [3.8, 4) is 5.88 Å². The summed E-state index contributed by atoms with van der Waals surface area (Å²) in [6.45, 7) is 0. The van der Waals surface area contributed by atoms with Gasteiger partial charge in [-0.05, 0) is 0 Å². The number of aromatic nitrogens is 1. The van der Waals surface area contributed by atoms with Crippen LogP contribution in [0, 0.1) is 5.82 Å². The Morgan fingerprint density at radius 3 is 2.62 bits per heavy atom. The maximum absolute atomic E-state index is 12.8. The van der Waals surface area contributed by atoms with Gasteiger partial charge in [0.2, 0.25) is 5.88 Å². The number of nitrogen functional groups attached to an aromatic ring is 1. The van der Waals surface area contributed by atoms with Gasteiger partial charge in [0.05, 0.1) is 12.7 Å². The molecule has 0 atom stereocenters. The summed E-state index contributed by atoms with van der Waals surface area (Å²) in [6, 6.07) is 0.816. The average Bonchev–Trinajstić information content (AvgIpc) is 2.09. The van der Waals surface area contributed by atoms with Gasteiger partial charge in [-0.15, -0.1) is 0 Å². The van der Waals surface area contributed by atoms with E-state index in [9.17, 15) is 13.2 Å². The molecule has 2 N–H and O–H groups in total. The molecular weight excluding hydrogens is 185 g/mol. The maximum atomic E-state index is 12.8. The van der Waals surface area contributed by atoms with Gasteiger partial charge >= 0.3 is 0 Å². The monoisotopic (exact) mass is 192 g/mol. The number of methoxy groups -OCH3 is 1. The normalized spacial score (nSPS) is 10.5. The van der Waals surface area contributed by atoms with E-state index in [0.29, 0.717) is 0 Å². The Kier molecular flexibility index (Phi) is 2.60. The van der Waals surface area contributed by atoms with Crippen molar-refractivity contribution in [3.63, 3.8) is 0 Å². The van der Waals surface area contributed by atoms with Crippen molar-refractivity contribution in [1.29, 1.82) is 0 Å². The zero-order chi connectivity index (χ0) is 10.0. The van der Waals surface area contributed by atoms with Crippen LogP contribution < -0.4 is 10.5 Å². The largest absolute Gasteiger partial charge is 0.481 e. The van der Waals surface area contributed by atoms with Gasteiger partial charge in [0.25, 0.3) is 6.43 Å². The highest BCUT2D eigenvalue weighted by atomic mass is 19.3. The third-order valence-electron chi connectivity index (χ3n) is 1.43. The van der Waals surface area contributed by atoms with E-state index >= 15 is 0 Å². The maximum Gasteiger partial charge on any atom is 0.267 e. The lowest BCUT2D eigenvalue weighted by atomic mass is 10.2. The Balaban J connectivity index is 3.25. The van der Waals surface area contributed by atoms with Gasteiger partial charge in [-0.25, -0.2) is 13.2 Å². The van der Waals surface area contributed by atoms with Crippen molar-refractivity contribution < 1.29 is 17.9 Å². The molecule has 0 aliphatic carbocycles. The van der Waals surface area contributed by atoms with Gasteiger partial charge < -0.3 is 10.5 Å². The smallest absolute Gasteiger partial charge is 0.267 e. The van der Waals surface area contributed by atoms with Crippen LogP contribution in [-0.2, 0) is 0 Å². The molecule has 0 saturated heterocycles. The number of ether oxygens (including phenoxy) is 1. The number of hydrogen-bond donors (Lipinski definition) is 1. The van der Waals surface area contributed by atoms with Crippen molar-refractivity contribution in [2.24, 2.45) is 0 Å². The number of nitrogens with zero attached hydrogens (tertiary/aromatic N) is 1. The van der Waals surface area contributed by atoms with E-state index in [1.165, 1.54) is 7.11 Å². The molecule has 72 valence electrons. The Labute approximate surface area is 72.3 Å². The van der Waals surface area contributed by atoms with Crippen LogP contribution in [0.3, 0.4) is 0 Å². The van der Waals surface area contributed by atoms with E-state index in [0.717, 1.165) is 6.07 Å². The minimum Gasteiger partial charge on any atom is -0.481 e. The molecule has 0 aliphatic rings. The first-order valence-corrected chi connectivity index (χ1v) is 3.34. The zero-order valence-corrected chi connectivity index (χ0v) is 6.72. The number of halogens is 3. The van der Waals surface area contributed by atoms with Crippen LogP contribution in [0.15, 0.2) is 6.07 Å². The quantitative estimate of drug-likeness (QED) is 0.776. The Morgan fingerprint density at radius 2 is 2.15 bits per heavy atom. The van der Waals surface area contributed by atoms with E-state index in [2.05, 4.69) is 9.72 Å². The molecule has 0 aromatic carbocycles. The van der Waals surface area contributed by atoms with E-state index in [-0.39, 0.29) is 5.88 Å². The first kappa shape index (κ1) is 9.63. The molecule has 0 radical (unpaired) electrons. The molecule has 0 bridgehead atoms. The van der Waals surface area contributed by atoms with E-state index < -0.39 is 23.6 Å². The average molecular weight is 192 g/mol. The van der Waals surface area contributed by atoms with E-state index in [1.807, 2.05) is 0 Å². The second-order valence-corrected chi connectivity index (χ2v) is 2.25. The molecule has 0 saturated carbocycles. The Hall–Kier alpha value is -1.46. The van der Waals surface area contributed by atoms with Crippen molar-refractivity contribution in [3.05, 3.63) is 17.4 Å². The summed E-state index contributed by atoms with van der Waals surface area (Å²) in [7, 11) is 1.23.